The minimum Gasteiger partial charge on any atom is -0.492 e. The van der Waals surface area contributed by atoms with Gasteiger partial charge in [-0.1, -0.05) is 6.07 Å². The van der Waals surface area contributed by atoms with Crippen LogP contribution in [0.2, 0.25) is 0 Å². The van der Waals surface area contributed by atoms with Gasteiger partial charge in [0.15, 0.2) is 0 Å². The van der Waals surface area contributed by atoms with Crippen molar-refractivity contribution in [2.45, 2.75) is 6.10 Å². The molecule has 6 heteroatoms. The molecule has 1 atom stereocenters. The Morgan fingerprint density at radius 2 is 2.35 bits per heavy atom. The number of rotatable bonds is 6. The van der Waals surface area contributed by atoms with Gasteiger partial charge in [-0.2, -0.15) is 0 Å². The number of carboxylic acids is 1. The van der Waals surface area contributed by atoms with E-state index in [9.17, 15) is 4.79 Å². The first-order valence-electron chi connectivity index (χ1n) is 6.60. The summed E-state index contributed by atoms with van der Waals surface area (Å²) in [7, 11) is 0. The van der Waals surface area contributed by atoms with E-state index >= 15 is 0 Å². The molecule has 0 aliphatic carbocycles. The normalized spacial score (nSPS) is 19.8. The van der Waals surface area contributed by atoms with Crippen LogP contribution in [0.1, 0.15) is 10.4 Å². The molecular formula is C14H19NO5. The quantitative estimate of drug-likeness (QED) is 0.788. The fourth-order valence-corrected chi connectivity index (χ4v) is 2.11. The molecule has 1 aliphatic rings. The molecule has 1 heterocycles. The molecule has 0 aromatic heterocycles. The summed E-state index contributed by atoms with van der Waals surface area (Å²) < 4.78 is 10.9. The lowest BCUT2D eigenvalue weighted by atomic mass is 10.2. The molecule has 0 spiro atoms. The molecule has 1 aliphatic heterocycles. The highest BCUT2D eigenvalue weighted by atomic mass is 16.5. The summed E-state index contributed by atoms with van der Waals surface area (Å²) in [5.74, 6) is -0.411. The van der Waals surface area contributed by atoms with E-state index < -0.39 is 5.97 Å². The average Bonchev–Trinajstić information content (AvgIpc) is 2.48. The third kappa shape index (κ3) is 4.19. The number of carbonyl (C=O) groups is 1. The van der Waals surface area contributed by atoms with Crippen LogP contribution in [0.5, 0.6) is 5.75 Å². The largest absolute Gasteiger partial charge is 0.492 e. The van der Waals surface area contributed by atoms with Gasteiger partial charge in [0, 0.05) is 19.6 Å². The second-order valence-corrected chi connectivity index (χ2v) is 4.66. The molecule has 6 nitrogen and oxygen atoms in total. The summed E-state index contributed by atoms with van der Waals surface area (Å²) in [6.45, 7) is 3.33. The number of aliphatic hydroxyl groups excluding tert-OH is 1. The van der Waals surface area contributed by atoms with Crippen LogP contribution >= 0.6 is 0 Å². The highest BCUT2D eigenvalue weighted by Gasteiger charge is 2.19. The molecule has 1 fully saturated rings. The molecule has 0 bridgehead atoms. The van der Waals surface area contributed by atoms with Gasteiger partial charge in [0.2, 0.25) is 0 Å². The lowest BCUT2D eigenvalue weighted by molar-refractivity contribution is -0.0547. The lowest BCUT2D eigenvalue weighted by Crippen LogP contribution is -2.45. The number of aliphatic hydroxyl groups is 1. The zero-order valence-electron chi connectivity index (χ0n) is 11.2. The van der Waals surface area contributed by atoms with E-state index in [0.717, 1.165) is 13.1 Å². The number of aromatic carboxylic acids is 1. The molecule has 0 radical (unpaired) electrons. The van der Waals surface area contributed by atoms with Crippen LogP contribution in [0.3, 0.4) is 0 Å². The Morgan fingerprint density at radius 1 is 1.50 bits per heavy atom. The smallest absolute Gasteiger partial charge is 0.335 e. The van der Waals surface area contributed by atoms with Crippen molar-refractivity contribution in [2.75, 3.05) is 39.5 Å². The summed E-state index contributed by atoms with van der Waals surface area (Å²) in [5.41, 5.74) is 0.217. The van der Waals surface area contributed by atoms with Crippen molar-refractivity contribution < 1.29 is 24.5 Å². The van der Waals surface area contributed by atoms with Crippen molar-refractivity contribution in [1.29, 1.82) is 0 Å². The molecule has 0 amide bonds. The number of hydrogen-bond donors (Lipinski definition) is 2. The Balaban J connectivity index is 1.78. The second kappa shape index (κ2) is 7.23. The maximum Gasteiger partial charge on any atom is 0.335 e. The van der Waals surface area contributed by atoms with Gasteiger partial charge in [0.05, 0.1) is 24.9 Å². The van der Waals surface area contributed by atoms with Gasteiger partial charge in [0.1, 0.15) is 12.4 Å². The van der Waals surface area contributed by atoms with Crippen LogP contribution < -0.4 is 4.74 Å². The minimum absolute atomic E-state index is 0.0258. The van der Waals surface area contributed by atoms with Gasteiger partial charge >= 0.3 is 5.97 Å². The number of hydrogen-bond acceptors (Lipinski definition) is 5. The van der Waals surface area contributed by atoms with E-state index in [0.29, 0.717) is 25.5 Å². The molecule has 110 valence electrons. The fraction of sp³-hybridized carbons (Fsp3) is 0.500. The Bertz CT molecular complexity index is 451. The Hall–Kier alpha value is -1.63. The number of nitrogens with zero attached hydrogens (tertiary/aromatic N) is 1. The summed E-state index contributed by atoms with van der Waals surface area (Å²) in [5, 5.41) is 17.9. The number of carboxylic acid groups (broad SMARTS) is 1. The van der Waals surface area contributed by atoms with Gasteiger partial charge in [-0.3, -0.25) is 4.90 Å². The monoisotopic (exact) mass is 281 g/mol. The van der Waals surface area contributed by atoms with Gasteiger partial charge in [-0.05, 0) is 18.2 Å². The van der Waals surface area contributed by atoms with Crippen LogP contribution in [0, 0.1) is 0 Å². The highest BCUT2D eigenvalue weighted by molar-refractivity contribution is 5.87. The second-order valence-electron chi connectivity index (χ2n) is 4.66. The summed E-state index contributed by atoms with van der Waals surface area (Å²) in [4.78, 5) is 13.0. The van der Waals surface area contributed by atoms with Crippen molar-refractivity contribution in [3.8, 4) is 5.75 Å². The third-order valence-corrected chi connectivity index (χ3v) is 3.18. The molecule has 1 saturated heterocycles. The van der Waals surface area contributed by atoms with Crippen LogP contribution in [0.15, 0.2) is 24.3 Å². The van der Waals surface area contributed by atoms with Gasteiger partial charge in [0.25, 0.3) is 0 Å². The highest BCUT2D eigenvalue weighted by Crippen LogP contribution is 2.13. The first-order chi connectivity index (χ1) is 9.69. The molecule has 2 N–H and O–H groups in total. The van der Waals surface area contributed by atoms with Crippen molar-refractivity contribution in [3.05, 3.63) is 29.8 Å². The number of ether oxygens (including phenoxy) is 2. The van der Waals surface area contributed by atoms with Crippen molar-refractivity contribution >= 4 is 5.97 Å². The van der Waals surface area contributed by atoms with Crippen molar-refractivity contribution in [1.82, 2.24) is 4.90 Å². The van der Waals surface area contributed by atoms with E-state index in [1.807, 2.05) is 0 Å². The summed E-state index contributed by atoms with van der Waals surface area (Å²) in [6.07, 6.45) is -0.126. The predicted octanol–water partition coefficient (Wildman–Crippen LogP) is 0.457. The van der Waals surface area contributed by atoms with Gasteiger partial charge < -0.3 is 19.7 Å². The topological polar surface area (TPSA) is 79.2 Å². The Morgan fingerprint density at radius 3 is 3.10 bits per heavy atom. The van der Waals surface area contributed by atoms with E-state index in [-0.39, 0.29) is 18.3 Å². The third-order valence-electron chi connectivity index (χ3n) is 3.18. The Labute approximate surface area is 117 Å². The van der Waals surface area contributed by atoms with Crippen molar-refractivity contribution in [3.63, 3.8) is 0 Å². The fourth-order valence-electron chi connectivity index (χ4n) is 2.11. The Kier molecular flexibility index (Phi) is 5.34. The van der Waals surface area contributed by atoms with Crippen LogP contribution in [-0.4, -0.2) is 66.6 Å². The number of morpholine rings is 1. The maximum atomic E-state index is 10.8. The minimum atomic E-state index is -0.964. The first kappa shape index (κ1) is 14.8. The van der Waals surface area contributed by atoms with Gasteiger partial charge in [-0.15, -0.1) is 0 Å². The molecular weight excluding hydrogens is 262 g/mol. The first-order valence-corrected chi connectivity index (χ1v) is 6.60. The van der Waals surface area contributed by atoms with E-state index in [4.69, 9.17) is 19.7 Å². The zero-order chi connectivity index (χ0) is 14.4. The standard InChI is InChI=1S/C14H19NO5/c16-10-13-9-15(5-7-20-13)4-6-19-12-3-1-2-11(8-12)14(17)18/h1-3,8,13,16H,4-7,9-10H2,(H,17,18). The molecule has 20 heavy (non-hydrogen) atoms. The molecule has 1 unspecified atom stereocenters. The van der Waals surface area contributed by atoms with Crippen LogP contribution in [0.25, 0.3) is 0 Å². The van der Waals surface area contributed by atoms with Crippen LogP contribution in [-0.2, 0) is 4.74 Å². The van der Waals surface area contributed by atoms with E-state index in [2.05, 4.69) is 4.90 Å². The SMILES string of the molecule is O=C(O)c1cccc(OCCN2CCOC(CO)C2)c1. The molecule has 2 rings (SSSR count). The van der Waals surface area contributed by atoms with Gasteiger partial charge in [-0.25, -0.2) is 4.79 Å². The predicted molar refractivity (Wildman–Crippen MR) is 72.2 cm³/mol. The summed E-state index contributed by atoms with van der Waals surface area (Å²) in [6, 6.07) is 6.44. The maximum absolute atomic E-state index is 10.8. The average molecular weight is 281 g/mol. The molecule has 1 aromatic carbocycles. The van der Waals surface area contributed by atoms with Crippen molar-refractivity contribution in [2.24, 2.45) is 0 Å². The lowest BCUT2D eigenvalue weighted by Gasteiger charge is -2.31. The zero-order valence-corrected chi connectivity index (χ0v) is 11.2. The molecule has 1 aromatic rings. The molecule has 0 saturated carbocycles. The number of benzene rings is 1. The van der Waals surface area contributed by atoms with Crippen LogP contribution in [0.4, 0.5) is 0 Å². The van der Waals surface area contributed by atoms with E-state index in [1.54, 1.807) is 12.1 Å². The summed E-state index contributed by atoms with van der Waals surface area (Å²) >= 11 is 0. The van der Waals surface area contributed by atoms with E-state index in [1.165, 1.54) is 12.1 Å².